The van der Waals surface area contributed by atoms with Crippen molar-refractivity contribution in [3.05, 3.63) is 59.7 Å². The Balaban J connectivity index is 1.89. The Morgan fingerprint density at radius 2 is 1.75 bits per heavy atom. The van der Waals surface area contributed by atoms with E-state index in [0.717, 1.165) is 18.4 Å². The molecule has 0 spiro atoms. The number of carbonyl (C=O) groups is 1. The summed E-state index contributed by atoms with van der Waals surface area (Å²) in [7, 11) is 0. The van der Waals surface area contributed by atoms with Crippen molar-refractivity contribution in [2.45, 2.75) is 58.9 Å². The third kappa shape index (κ3) is 5.23. The zero-order chi connectivity index (χ0) is 17.2. The summed E-state index contributed by atoms with van der Waals surface area (Å²) in [6, 6.07) is 14.5. The fourth-order valence-electron chi connectivity index (χ4n) is 3.04. The zero-order valence-corrected chi connectivity index (χ0v) is 15.0. The van der Waals surface area contributed by atoms with E-state index in [9.17, 15) is 4.79 Å². The van der Waals surface area contributed by atoms with Gasteiger partial charge in [-0.1, -0.05) is 81.1 Å². The van der Waals surface area contributed by atoms with Gasteiger partial charge in [-0.05, 0) is 36.1 Å². The standard InChI is InChI=1S/C22H29NO/c1-3-5-6-7-8-12-18(4-2)22(24)23-17-20-15-11-14-19-13-9-10-16-21(19)20/h4,9-11,13-16H,3,5-8,12,17H2,1-2H3,(H,23,24). The Bertz CT molecular complexity index is 682. The molecule has 2 aromatic rings. The molecule has 2 heteroatoms. The van der Waals surface area contributed by atoms with Crippen LogP contribution in [0.2, 0.25) is 0 Å². The van der Waals surface area contributed by atoms with E-state index in [1.165, 1.54) is 42.0 Å². The summed E-state index contributed by atoms with van der Waals surface area (Å²) in [5.41, 5.74) is 2.08. The van der Waals surface area contributed by atoms with Gasteiger partial charge in [-0.15, -0.1) is 0 Å². The topological polar surface area (TPSA) is 29.1 Å². The number of fused-ring (bicyclic) bond motifs is 1. The normalized spacial score (nSPS) is 11.7. The first-order chi connectivity index (χ1) is 11.8. The van der Waals surface area contributed by atoms with E-state index in [-0.39, 0.29) is 5.91 Å². The highest BCUT2D eigenvalue weighted by atomic mass is 16.1. The van der Waals surface area contributed by atoms with E-state index in [4.69, 9.17) is 0 Å². The predicted octanol–water partition coefficient (Wildman–Crippen LogP) is 5.76. The van der Waals surface area contributed by atoms with Crippen molar-refractivity contribution in [3.63, 3.8) is 0 Å². The van der Waals surface area contributed by atoms with E-state index < -0.39 is 0 Å². The summed E-state index contributed by atoms with van der Waals surface area (Å²) < 4.78 is 0. The van der Waals surface area contributed by atoms with Gasteiger partial charge in [0.15, 0.2) is 0 Å². The molecule has 0 fully saturated rings. The Morgan fingerprint density at radius 3 is 2.54 bits per heavy atom. The van der Waals surface area contributed by atoms with Crippen molar-refractivity contribution in [2.24, 2.45) is 0 Å². The van der Waals surface area contributed by atoms with Gasteiger partial charge in [-0.2, -0.15) is 0 Å². The molecular formula is C22H29NO. The fraction of sp³-hybridized carbons (Fsp3) is 0.409. The molecule has 0 unspecified atom stereocenters. The van der Waals surface area contributed by atoms with Crippen LogP contribution >= 0.6 is 0 Å². The van der Waals surface area contributed by atoms with Crippen molar-refractivity contribution in [2.75, 3.05) is 0 Å². The maximum Gasteiger partial charge on any atom is 0.247 e. The number of rotatable bonds is 9. The van der Waals surface area contributed by atoms with Crippen molar-refractivity contribution in [1.82, 2.24) is 5.32 Å². The second-order valence-corrected chi connectivity index (χ2v) is 6.30. The largest absolute Gasteiger partial charge is 0.348 e. The lowest BCUT2D eigenvalue weighted by Gasteiger charge is -2.11. The third-order valence-electron chi connectivity index (χ3n) is 4.51. The second-order valence-electron chi connectivity index (χ2n) is 6.30. The van der Waals surface area contributed by atoms with Crippen LogP contribution in [-0.2, 0) is 11.3 Å². The van der Waals surface area contributed by atoms with Crippen LogP contribution in [0.3, 0.4) is 0 Å². The smallest absolute Gasteiger partial charge is 0.247 e. The predicted molar refractivity (Wildman–Crippen MR) is 103 cm³/mol. The molecule has 1 N–H and O–H groups in total. The molecule has 128 valence electrons. The Hall–Kier alpha value is -2.09. The van der Waals surface area contributed by atoms with Gasteiger partial charge >= 0.3 is 0 Å². The molecule has 0 aliphatic carbocycles. The van der Waals surface area contributed by atoms with Gasteiger partial charge in [0, 0.05) is 12.1 Å². The molecular weight excluding hydrogens is 294 g/mol. The van der Waals surface area contributed by atoms with Gasteiger partial charge in [-0.3, -0.25) is 4.79 Å². The maximum atomic E-state index is 12.4. The summed E-state index contributed by atoms with van der Waals surface area (Å²) in [5, 5.41) is 5.51. The highest BCUT2D eigenvalue weighted by Crippen LogP contribution is 2.18. The van der Waals surface area contributed by atoms with Crippen molar-refractivity contribution >= 4 is 16.7 Å². The van der Waals surface area contributed by atoms with E-state index in [1.807, 2.05) is 31.2 Å². The molecule has 24 heavy (non-hydrogen) atoms. The van der Waals surface area contributed by atoms with Crippen LogP contribution in [-0.4, -0.2) is 5.91 Å². The monoisotopic (exact) mass is 323 g/mol. The SMILES string of the molecule is CC=C(CCCCCCC)C(=O)NCc1cccc2ccccc12. The fourth-order valence-corrected chi connectivity index (χ4v) is 3.04. The number of hydrogen-bond acceptors (Lipinski definition) is 1. The first-order valence-corrected chi connectivity index (χ1v) is 9.16. The number of amides is 1. The molecule has 0 aliphatic heterocycles. The highest BCUT2D eigenvalue weighted by molar-refractivity contribution is 5.93. The number of unbranched alkanes of at least 4 members (excludes halogenated alkanes) is 4. The highest BCUT2D eigenvalue weighted by Gasteiger charge is 2.09. The van der Waals surface area contributed by atoms with E-state index in [2.05, 4.69) is 36.5 Å². The first-order valence-electron chi connectivity index (χ1n) is 9.16. The molecule has 1 amide bonds. The van der Waals surface area contributed by atoms with Crippen LogP contribution in [0, 0.1) is 0 Å². The molecule has 0 saturated carbocycles. The lowest BCUT2D eigenvalue weighted by atomic mass is 10.0. The minimum absolute atomic E-state index is 0.0703. The molecule has 2 aromatic carbocycles. The molecule has 0 heterocycles. The van der Waals surface area contributed by atoms with Crippen molar-refractivity contribution in [3.8, 4) is 0 Å². The van der Waals surface area contributed by atoms with Gasteiger partial charge < -0.3 is 5.32 Å². The summed E-state index contributed by atoms with van der Waals surface area (Å²) in [4.78, 5) is 12.4. The maximum absolute atomic E-state index is 12.4. The molecule has 2 nitrogen and oxygen atoms in total. The number of benzene rings is 2. The Kier molecular flexibility index (Phi) is 7.54. The van der Waals surface area contributed by atoms with Crippen LogP contribution in [0.1, 0.15) is 57.9 Å². The molecule has 2 rings (SSSR count). The van der Waals surface area contributed by atoms with Crippen LogP contribution < -0.4 is 5.32 Å². The molecule has 0 saturated heterocycles. The Morgan fingerprint density at radius 1 is 1.00 bits per heavy atom. The average Bonchev–Trinajstić information content (AvgIpc) is 2.62. The number of hydrogen-bond donors (Lipinski definition) is 1. The van der Waals surface area contributed by atoms with Gasteiger partial charge in [0.2, 0.25) is 5.91 Å². The van der Waals surface area contributed by atoms with Crippen LogP contribution in [0.15, 0.2) is 54.1 Å². The first kappa shape index (κ1) is 18.3. The van der Waals surface area contributed by atoms with Crippen LogP contribution in [0.4, 0.5) is 0 Å². The number of nitrogens with one attached hydrogen (secondary N) is 1. The second kappa shape index (κ2) is 9.92. The molecule has 0 radical (unpaired) electrons. The Labute approximate surface area is 146 Å². The summed E-state index contributed by atoms with van der Waals surface area (Å²) in [5.74, 6) is 0.0703. The lowest BCUT2D eigenvalue weighted by Crippen LogP contribution is -2.24. The van der Waals surface area contributed by atoms with E-state index in [1.54, 1.807) is 0 Å². The summed E-state index contributed by atoms with van der Waals surface area (Å²) in [6.45, 7) is 4.75. The van der Waals surface area contributed by atoms with Gasteiger partial charge in [0.05, 0.1) is 0 Å². The minimum atomic E-state index is 0.0703. The van der Waals surface area contributed by atoms with Crippen molar-refractivity contribution in [1.29, 1.82) is 0 Å². The van der Waals surface area contributed by atoms with Gasteiger partial charge in [-0.25, -0.2) is 0 Å². The van der Waals surface area contributed by atoms with E-state index >= 15 is 0 Å². The third-order valence-corrected chi connectivity index (χ3v) is 4.51. The summed E-state index contributed by atoms with van der Waals surface area (Å²) >= 11 is 0. The molecule has 0 aliphatic rings. The average molecular weight is 323 g/mol. The minimum Gasteiger partial charge on any atom is -0.348 e. The van der Waals surface area contributed by atoms with Gasteiger partial charge in [0.1, 0.15) is 0 Å². The molecule has 0 bridgehead atoms. The molecule has 0 atom stereocenters. The van der Waals surface area contributed by atoms with Crippen LogP contribution in [0.25, 0.3) is 10.8 Å². The van der Waals surface area contributed by atoms with E-state index in [0.29, 0.717) is 6.54 Å². The lowest BCUT2D eigenvalue weighted by molar-refractivity contribution is -0.117. The molecule has 0 aromatic heterocycles. The quantitative estimate of drug-likeness (QED) is 0.461. The number of allylic oxidation sites excluding steroid dienone is 1. The van der Waals surface area contributed by atoms with Gasteiger partial charge in [0.25, 0.3) is 0 Å². The van der Waals surface area contributed by atoms with Crippen LogP contribution in [0.5, 0.6) is 0 Å². The summed E-state index contributed by atoms with van der Waals surface area (Å²) in [6.07, 6.45) is 8.95. The number of carbonyl (C=O) groups excluding carboxylic acids is 1. The van der Waals surface area contributed by atoms with Crippen molar-refractivity contribution < 1.29 is 4.79 Å². The zero-order valence-electron chi connectivity index (χ0n) is 15.0.